The zero-order chi connectivity index (χ0) is 14.5. The lowest BCUT2D eigenvalue weighted by Crippen LogP contribution is -2.43. The van der Waals surface area contributed by atoms with Crippen LogP contribution in [-0.4, -0.2) is 28.7 Å². The molecule has 0 amide bonds. The van der Waals surface area contributed by atoms with Gasteiger partial charge in [0.1, 0.15) is 12.4 Å². The fourth-order valence-electron chi connectivity index (χ4n) is 2.92. The molecule has 1 saturated heterocycles. The van der Waals surface area contributed by atoms with Gasteiger partial charge in [0, 0.05) is 24.2 Å². The second-order valence-corrected chi connectivity index (χ2v) is 5.56. The van der Waals surface area contributed by atoms with Gasteiger partial charge in [-0.3, -0.25) is 4.90 Å². The Morgan fingerprint density at radius 1 is 1.30 bits per heavy atom. The van der Waals surface area contributed by atoms with Crippen molar-refractivity contribution in [2.45, 2.75) is 51.7 Å². The van der Waals surface area contributed by atoms with Crippen LogP contribution in [0.25, 0.3) is 0 Å². The molecule has 1 aliphatic heterocycles. The maximum atomic E-state index is 13.4. The van der Waals surface area contributed by atoms with E-state index in [1.54, 1.807) is 0 Å². The van der Waals surface area contributed by atoms with E-state index in [9.17, 15) is 4.39 Å². The van der Waals surface area contributed by atoms with E-state index in [1.807, 2.05) is 6.07 Å². The van der Waals surface area contributed by atoms with E-state index >= 15 is 0 Å². The Labute approximate surface area is 120 Å². The second kappa shape index (κ2) is 6.88. The van der Waals surface area contributed by atoms with Crippen LogP contribution in [0.4, 0.5) is 4.39 Å². The third-order valence-corrected chi connectivity index (χ3v) is 4.10. The first-order valence-corrected chi connectivity index (χ1v) is 7.25. The van der Waals surface area contributed by atoms with E-state index in [0.29, 0.717) is 17.6 Å². The maximum Gasteiger partial charge on any atom is 0.124 e. The molecule has 1 aromatic carbocycles. The highest BCUT2D eigenvalue weighted by Gasteiger charge is 2.25. The molecule has 0 radical (unpaired) electrons. The number of rotatable bonds is 2. The SMILES string of the molecule is C[C@@H]1CCC[C@H](C)N1Cc1ccc(F)cc1C#CCO. The Hall–Kier alpha value is -1.37. The van der Waals surface area contributed by atoms with E-state index in [-0.39, 0.29) is 12.4 Å². The third-order valence-electron chi connectivity index (χ3n) is 4.10. The molecular formula is C17H22FNO. The molecule has 1 aliphatic rings. The molecule has 0 aromatic heterocycles. The summed E-state index contributed by atoms with van der Waals surface area (Å²) in [5, 5.41) is 8.82. The van der Waals surface area contributed by atoms with Crippen LogP contribution >= 0.6 is 0 Å². The predicted molar refractivity (Wildman–Crippen MR) is 78.7 cm³/mol. The molecule has 108 valence electrons. The minimum Gasteiger partial charge on any atom is -0.384 e. The molecule has 2 rings (SSSR count). The number of halogens is 1. The summed E-state index contributed by atoms with van der Waals surface area (Å²) < 4.78 is 13.4. The molecule has 1 fully saturated rings. The molecule has 0 aliphatic carbocycles. The summed E-state index contributed by atoms with van der Waals surface area (Å²) in [7, 11) is 0. The van der Waals surface area contributed by atoms with Gasteiger partial charge in [-0.1, -0.05) is 24.3 Å². The first-order chi connectivity index (χ1) is 9.61. The molecule has 20 heavy (non-hydrogen) atoms. The fourth-order valence-corrected chi connectivity index (χ4v) is 2.92. The van der Waals surface area contributed by atoms with Crippen molar-refractivity contribution in [2.75, 3.05) is 6.61 Å². The average molecular weight is 275 g/mol. The van der Waals surface area contributed by atoms with Crippen molar-refractivity contribution < 1.29 is 9.50 Å². The van der Waals surface area contributed by atoms with Gasteiger partial charge in [-0.15, -0.1) is 0 Å². The van der Waals surface area contributed by atoms with Gasteiger partial charge in [-0.05, 0) is 44.4 Å². The summed E-state index contributed by atoms with van der Waals surface area (Å²) >= 11 is 0. The topological polar surface area (TPSA) is 23.5 Å². The number of piperidine rings is 1. The number of hydrogen-bond acceptors (Lipinski definition) is 2. The Kier molecular flexibility index (Phi) is 5.17. The lowest BCUT2D eigenvalue weighted by atomic mass is 9.96. The van der Waals surface area contributed by atoms with Gasteiger partial charge < -0.3 is 5.11 Å². The summed E-state index contributed by atoms with van der Waals surface area (Å²) in [5.74, 6) is 5.19. The standard InChI is InChI=1S/C17H22FNO/c1-13-5-3-6-14(2)19(13)12-16-8-9-17(18)11-15(16)7-4-10-20/h8-9,11,13-14,20H,3,5-6,10,12H2,1-2H3/t13-,14+. The van der Waals surface area contributed by atoms with Crippen LogP contribution < -0.4 is 0 Å². The van der Waals surface area contributed by atoms with Crippen molar-refractivity contribution in [3.8, 4) is 11.8 Å². The van der Waals surface area contributed by atoms with Gasteiger partial charge in [0.05, 0.1) is 0 Å². The summed E-state index contributed by atoms with van der Waals surface area (Å²) in [4.78, 5) is 2.46. The normalized spacial score (nSPS) is 23.2. The number of hydrogen-bond donors (Lipinski definition) is 1. The third kappa shape index (κ3) is 3.59. The van der Waals surface area contributed by atoms with Crippen LogP contribution in [0.15, 0.2) is 18.2 Å². The molecule has 0 saturated carbocycles. The second-order valence-electron chi connectivity index (χ2n) is 5.56. The van der Waals surface area contributed by atoms with Crippen molar-refractivity contribution in [2.24, 2.45) is 0 Å². The van der Waals surface area contributed by atoms with E-state index in [4.69, 9.17) is 5.11 Å². The predicted octanol–water partition coefficient (Wildman–Crippen LogP) is 2.93. The van der Waals surface area contributed by atoms with E-state index < -0.39 is 0 Å². The monoisotopic (exact) mass is 275 g/mol. The van der Waals surface area contributed by atoms with Crippen molar-refractivity contribution >= 4 is 0 Å². The van der Waals surface area contributed by atoms with E-state index in [0.717, 1.165) is 12.1 Å². The number of likely N-dealkylation sites (tertiary alicyclic amines) is 1. The van der Waals surface area contributed by atoms with Crippen LogP contribution in [0.2, 0.25) is 0 Å². The first-order valence-electron chi connectivity index (χ1n) is 7.25. The summed E-state index contributed by atoms with van der Waals surface area (Å²) in [6, 6.07) is 5.84. The van der Waals surface area contributed by atoms with Crippen LogP contribution in [0, 0.1) is 17.7 Å². The molecule has 0 unspecified atom stereocenters. The van der Waals surface area contributed by atoms with Crippen molar-refractivity contribution in [1.82, 2.24) is 4.90 Å². The largest absolute Gasteiger partial charge is 0.384 e. The van der Waals surface area contributed by atoms with Gasteiger partial charge in [-0.2, -0.15) is 0 Å². The molecule has 3 heteroatoms. The van der Waals surface area contributed by atoms with Crippen LogP contribution in [0.5, 0.6) is 0 Å². The Bertz CT molecular complexity index is 507. The number of benzene rings is 1. The molecular weight excluding hydrogens is 253 g/mol. The van der Waals surface area contributed by atoms with Crippen molar-refractivity contribution in [3.05, 3.63) is 35.1 Å². The van der Waals surface area contributed by atoms with Crippen molar-refractivity contribution in [3.63, 3.8) is 0 Å². The highest BCUT2D eigenvalue weighted by Crippen LogP contribution is 2.25. The zero-order valence-corrected chi connectivity index (χ0v) is 12.2. The average Bonchev–Trinajstić information content (AvgIpc) is 2.42. The van der Waals surface area contributed by atoms with E-state index in [1.165, 1.54) is 31.4 Å². The van der Waals surface area contributed by atoms with Crippen molar-refractivity contribution in [1.29, 1.82) is 0 Å². The Balaban J connectivity index is 2.23. The number of aliphatic hydroxyl groups excluding tert-OH is 1. The zero-order valence-electron chi connectivity index (χ0n) is 12.2. The summed E-state index contributed by atoms with van der Waals surface area (Å²) in [6.07, 6.45) is 3.70. The molecule has 1 aromatic rings. The maximum absolute atomic E-state index is 13.4. The Morgan fingerprint density at radius 3 is 2.65 bits per heavy atom. The van der Waals surface area contributed by atoms with E-state index in [2.05, 4.69) is 30.6 Å². The minimum absolute atomic E-state index is 0.202. The summed E-state index contributed by atoms with van der Waals surface area (Å²) in [5.41, 5.74) is 1.72. The van der Waals surface area contributed by atoms with Gasteiger partial charge in [0.25, 0.3) is 0 Å². The highest BCUT2D eigenvalue weighted by molar-refractivity contribution is 5.41. The minimum atomic E-state index is -0.282. The molecule has 0 bridgehead atoms. The van der Waals surface area contributed by atoms with Crippen LogP contribution in [-0.2, 0) is 6.54 Å². The van der Waals surface area contributed by atoms with Gasteiger partial charge in [0.15, 0.2) is 0 Å². The smallest absolute Gasteiger partial charge is 0.124 e. The number of nitrogens with zero attached hydrogens (tertiary/aromatic N) is 1. The van der Waals surface area contributed by atoms with Gasteiger partial charge in [0.2, 0.25) is 0 Å². The number of aliphatic hydroxyl groups is 1. The summed E-state index contributed by atoms with van der Waals surface area (Å²) in [6.45, 7) is 5.08. The Morgan fingerprint density at radius 2 is 2.00 bits per heavy atom. The molecule has 0 spiro atoms. The highest BCUT2D eigenvalue weighted by atomic mass is 19.1. The lowest BCUT2D eigenvalue weighted by Gasteiger charge is -2.39. The quantitative estimate of drug-likeness (QED) is 0.839. The molecule has 2 nitrogen and oxygen atoms in total. The fraction of sp³-hybridized carbons (Fsp3) is 0.529. The molecule has 1 heterocycles. The van der Waals surface area contributed by atoms with Crippen LogP contribution in [0.1, 0.15) is 44.2 Å². The molecule has 2 atom stereocenters. The van der Waals surface area contributed by atoms with Crippen LogP contribution in [0.3, 0.4) is 0 Å². The van der Waals surface area contributed by atoms with Gasteiger partial charge >= 0.3 is 0 Å². The first kappa shape index (κ1) is 15.0. The lowest BCUT2D eigenvalue weighted by molar-refractivity contribution is 0.0952. The molecule has 1 N–H and O–H groups in total. The van der Waals surface area contributed by atoms with Gasteiger partial charge in [-0.25, -0.2) is 4.39 Å².